The van der Waals surface area contributed by atoms with Crippen molar-refractivity contribution in [1.29, 1.82) is 0 Å². The largest absolute Gasteiger partial charge is 0.497 e. The van der Waals surface area contributed by atoms with Gasteiger partial charge < -0.3 is 14.9 Å². The Morgan fingerprint density at radius 2 is 2.00 bits per heavy atom. The van der Waals surface area contributed by atoms with Crippen molar-refractivity contribution >= 4 is 40.1 Å². The van der Waals surface area contributed by atoms with E-state index in [9.17, 15) is 15.0 Å². The number of pyridine rings is 1. The molecule has 200 valence electrons. The van der Waals surface area contributed by atoms with Crippen molar-refractivity contribution in [2.75, 3.05) is 26.7 Å². The molecule has 0 unspecified atom stereocenters. The van der Waals surface area contributed by atoms with Gasteiger partial charge in [0.15, 0.2) is 0 Å². The number of fused-ring (bicyclic) bond motifs is 1. The number of aromatic nitrogens is 1. The number of carboxylic acids is 1. The van der Waals surface area contributed by atoms with Crippen LogP contribution in [0, 0.1) is 23.7 Å². The maximum atomic E-state index is 11.3. The van der Waals surface area contributed by atoms with Crippen molar-refractivity contribution < 1.29 is 19.7 Å². The number of ether oxygens (including phenoxy) is 1. The number of aliphatic hydroxyl groups is 1. The molecule has 1 fully saturated rings. The SMILES string of the molecule is COc1ccc2nccc([C@H](O)CC[C@@H]3CCN(CC#Cc4ccc(Cl)c(Cl)c4)C[C@H]3CCC(=O)O)c2c1. The van der Waals surface area contributed by atoms with Gasteiger partial charge in [0.2, 0.25) is 0 Å². The van der Waals surface area contributed by atoms with Gasteiger partial charge in [0, 0.05) is 30.1 Å². The van der Waals surface area contributed by atoms with Crippen LogP contribution in [0.5, 0.6) is 5.75 Å². The Balaban J connectivity index is 1.39. The molecule has 3 atom stereocenters. The molecule has 2 heterocycles. The quantitative estimate of drug-likeness (QED) is 0.305. The van der Waals surface area contributed by atoms with Crippen LogP contribution in [-0.2, 0) is 4.79 Å². The number of carbonyl (C=O) groups is 1. The number of hydrogen-bond acceptors (Lipinski definition) is 5. The summed E-state index contributed by atoms with van der Waals surface area (Å²) < 4.78 is 5.36. The summed E-state index contributed by atoms with van der Waals surface area (Å²) in [4.78, 5) is 18.0. The predicted molar refractivity (Wildman–Crippen MR) is 151 cm³/mol. The van der Waals surface area contributed by atoms with Gasteiger partial charge in [0.05, 0.1) is 35.3 Å². The highest BCUT2D eigenvalue weighted by Gasteiger charge is 2.30. The average molecular weight is 556 g/mol. The highest BCUT2D eigenvalue weighted by Crippen LogP contribution is 2.35. The molecule has 38 heavy (non-hydrogen) atoms. The summed E-state index contributed by atoms with van der Waals surface area (Å²) >= 11 is 12.1. The maximum Gasteiger partial charge on any atom is 0.303 e. The molecular formula is C30H32Cl2N2O4. The number of benzene rings is 2. The van der Waals surface area contributed by atoms with Crippen molar-refractivity contribution in [2.24, 2.45) is 11.8 Å². The Labute approximate surface area is 233 Å². The average Bonchev–Trinajstić information content (AvgIpc) is 2.92. The van der Waals surface area contributed by atoms with Crippen molar-refractivity contribution in [2.45, 2.75) is 38.2 Å². The number of hydrogen-bond donors (Lipinski definition) is 2. The van der Waals surface area contributed by atoms with Gasteiger partial charge in [-0.05, 0) is 92.1 Å². The number of nitrogens with zero attached hydrogens (tertiary/aromatic N) is 2. The van der Waals surface area contributed by atoms with E-state index in [0.717, 1.165) is 53.7 Å². The first-order valence-corrected chi connectivity index (χ1v) is 13.6. The summed E-state index contributed by atoms with van der Waals surface area (Å²) in [6, 6.07) is 12.9. The molecule has 3 aromatic rings. The molecule has 0 saturated carbocycles. The van der Waals surface area contributed by atoms with Gasteiger partial charge in [0.25, 0.3) is 0 Å². The van der Waals surface area contributed by atoms with E-state index in [1.807, 2.05) is 30.3 Å². The van der Waals surface area contributed by atoms with Gasteiger partial charge in [-0.3, -0.25) is 14.7 Å². The van der Waals surface area contributed by atoms with Crippen LogP contribution in [0.15, 0.2) is 48.7 Å². The van der Waals surface area contributed by atoms with Crippen LogP contribution in [0.2, 0.25) is 10.0 Å². The molecule has 1 aliphatic heterocycles. The summed E-state index contributed by atoms with van der Waals surface area (Å²) in [5.41, 5.74) is 2.47. The number of aliphatic carboxylic acids is 1. The van der Waals surface area contributed by atoms with E-state index in [0.29, 0.717) is 35.3 Å². The topological polar surface area (TPSA) is 82.9 Å². The highest BCUT2D eigenvalue weighted by molar-refractivity contribution is 6.42. The number of piperidine rings is 1. The van der Waals surface area contributed by atoms with Crippen molar-refractivity contribution in [3.8, 4) is 17.6 Å². The second kappa shape index (κ2) is 13.3. The Hall–Kier alpha value is -2.82. The van der Waals surface area contributed by atoms with Gasteiger partial charge in [-0.15, -0.1) is 0 Å². The minimum atomic E-state index is -0.780. The lowest BCUT2D eigenvalue weighted by atomic mass is 9.79. The van der Waals surface area contributed by atoms with E-state index >= 15 is 0 Å². The number of aliphatic hydroxyl groups excluding tert-OH is 1. The molecule has 1 aromatic heterocycles. The van der Waals surface area contributed by atoms with Crippen LogP contribution in [0.4, 0.5) is 0 Å². The molecule has 6 nitrogen and oxygen atoms in total. The summed E-state index contributed by atoms with van der Waals surface area (Å²) in [5, 5.41) is 22.3. The minimum absolute atomic E-state index is 0.140. The first kappa shape index (κ1) is 28.2. The third-order valence-electron chi connectivity index (χ3n) is 7.31. The predicted octanol–water partition coefficient (Wildman–Crippen LogP) is 6.22. The fourth-order valence-corrected chi connectivity index (χ4v) is 5.53. The fourth-order valence-electron chi connectivity index (χ4n) is 5.23. The van der Waals surface area contributed by atoms with E-state index in [1.54, 1.807) is 25.4 Å². The van der Waals surface area contributed by atoms with Crippen LogP contribution in [0.3, 0.4) is 0 Å². The maximum absolute atomic E-state index is 11.3. The fraction of sp³-hybridized carbons (Fsp3) is 0.400. The molecule has 4 rings (SSSR count). The number of methoxy groups -OCH3 is 1. The zero-order valence-electron chi connectivity index (χ0n) is 21.4. The van der Waals surface area contributed by atoms with Gasteiger partial charge in [-0.2, -0.15) is 0 Å². The van der Waals surface area contributed by atoms with E-state index < -0.39 is 12.1 Å². The van der Waals surface area contributed by atoms with E-state index in [1.165, 1.54) is 0 Å². The van der Waals surface area contributed by atoms with Crippen LogP contribution in [-0.4, -0.2) is 52.8 Å². The molecular weight excluding hydrogens is 523 g/mol. The molecule has 0 aliphatic carbocycles. The molecule has 0 amide bonds. The second-order valence-electron chi connectivity index (χ2n) is 9.78. The Bertz CT molecular complexity index is 1340. The smallest absolute Gasteiger partial charge is 0.303 e. The van der Waals surface area contributed by atoms with Crippen LogP contribution < -0.4 is 4.74 Å². The zero-order chi connectivity index (χ0) is 27.1. The monoisotopic (exact) mass is 554 g/mol. The van der Waals surface area contributed by atoms with Gasteiger partial charge >= 0.3 is 5.97 Å². The highest BCUT2D eigenvalue weighted by atomic mass is 35.5. The van der Waals surface area contributed by atoms with E-state index in [4.69, 9.17) is 27.9 Å². The molecule has 2 aromatic carbocycles. The molecule has 8 heteroatoms. The number of likely N-dealkylation sites (tertiary alicyclic amines) is 1. The van der Waals surface area contributed by atoms with Crippen molar-refractivity contribution in [3.05, 3.63) is 69.8 Å². The third-order valence-corrected chi connectivity index (χ3v) is 8.05. The van der Waals surface area contributed by atoms with E-state index in [-0.39, 0.29) is 12.3 Å². The van der Waals surface area contributed by atoms with E-state index in [2.05, 4.69) is 21.7 Å². The molecule has 1 saturated heterocycles. The standard InChI is InChI=1S/C30H32Cl2N2O4/c1-38-23-7-9-28-25(18-23)24(12-14-33-28)29(35)10-5-21-13-16-34(19-22(21)6-11-30(36)37)15-2-3-20-4-8-26(31)27(32)17-20/h4,7-9,12,14,17-18,21-22,29,35H,5-6,10-11,13,15-16,19H2,1H3,(H,36,37)/t21-,22-,29-/m1/s1. The number of halogens is 2. The van der Waals surface area contributed by atoms with Crippen LogP contribution in [0.1, 0.15) is 49.3 Å². The normalized spacial score (nSPS) is 18.5. The lowest BCUT2D eigenvalue weighted by Crippen LogP contribution is -2.41. The summed E-state index contributed by atoms with van der Waals surface area (Å²) in [6.45, 7) is 2.28. The number of rotatable bonds is 9. The summed E-state index contributed by atoms with van der Waals surface area (Å²) in [7, 11) is 1.62. The first-order chi connectivity index (χ1) is 18.3. The molecule has 0 bridgehead atoms. The zero-order valence-corrected chi connectivity index (χ0v) is 22.9. The Kier molecular flexibility index (Phi) is 9.87. The Morgan fingerprint density at radius 1 is 1.16 bits per heavy atom. The van der Waals surface area contributed by atoms with Gasteiger partial charge in [-0.25, -0.2) is 0 Å². The summed E-state index contributed by atoms with van der Waals surface area (Å²) in [6.07, 6.45) is 4.20. The Morgan fingerprint density at radius 3 is 2.76 bits per heavy atom. The lowest BCUT2D eigenvalue weighted by Gasteiger charge is -2.38. The van der Waals surface area contributed by atoms with Crippen LogP contribution >= 0.6 is 23.2 Å². The lowest BCUT2D eigenvalue weighted by molar-refractivity contribution is -0.137. The summed E-state index contributed by atoms with van der Waals surface area (Å²) in [5.74, 6) is 6.87. The third kappa shape index (κ3) is 7.39. The molecule has 0 spiro atoms. The van der Waals surface area contributed by atoms with Crippen molar-refractivity contribution in [3.63, 3.8) is 0 Å². The molecule has 2 N–H and O–H groups in total. The molecule has 1 aliphatic rings. The number of carboxylic acid groups (broad SMARTS) is 1. The van der Waals surface area contributed by atoms with Gasteiger partial charge in [-0.1, -0.05) is 35.0 Å². The minimum Gasteiger partial charge on any atom is -0.497 e. The second-order valence-corrected chi connectivity index (χ2v) is 10.6. The first-order valence-electron chi connectivity index (χ1n) is 12.8. The molecule has 0 radical (unpaired) electrons. The van der Waals surface area contributed by atoms with Crippen LogP contribution in [0.25, 0.3) is 10.9 Å². The van der Waals surface area contributed by atoms with Crippen molar-refractivity contribution in [1.82, 2.24) is 9.88 Å². The van der Waals surface area contributed by atoms with Gasteiger partial charge in [0.1, 0.15) is 5.75 Å².